The van der Waals surface area contributed by atoms with E-state index >= 15 is 0 Å². The van der Waals surface area contributed by atoms with Crippen molar-refractivity contribution >= 4 is 18.1 Å². The van der Waals surface area contributed by atoms with Crippen molar-refractivity contribution in [3.05, 3.63) is 42.2 Å². The van der Waals surface area contributed by atoms with Crippen molar-refractivity contribution in [1.82, 2.24) is 9.78 Å². The van der Waals surface area contributed by atoms with Crippen molar-refractivity contribution in [3.8, 4) is 5.69 Å². The molecule has 6 nitrogen and oxygen atoms in total. The van der Waals surface area contributed by atoms with E-state index in [1.54, 1.807) is 24.3 Å². The van der Waals surface area contributed by atoms with Crippen LogP contribution < -0.4 is 5.32 Å². The van der Waals surface area contributed by atoms with Crippen molar-refractivity contribution < 1.29 is 14.7 Å². The quantitative estimate of drug-likeness (QED) is 0.773. The molecule has 86 valence electrons. The first-order chi connectivity index (χ1) is 8.22. The monoisotopic (exact) mass is 231 g/mol. The Bertz CT molecular complexity index is 563. The number of rotatable bonds is 4. The number of para-hydroxylation sites is 2. The van der Waals surface area contributed by atoms with Gasteiger partial charge in [0.25, 0.3) is 0 Å². The fourth-order valence-corrected chi connectivity index (χ4v) is 1.43. The number of carboxylic acids is 1. The maximum absolute atomic E-state index is 10.7. The van der Waals surface area contributed by atoms with Crippen LogP contribution in [0.4, 0.5) is 5.69 Å². The van der Waals surface area contributed by atoms with E-state index < -0.39 is 5.97 Å². The molecule has 6 heteroatoms. The number of carboxylic acid groups (broad SMARTS) is 1. The Kier molecular flexibility index (Phi) is 2.87. The van der Waals surface area contributed by atoms with E-state index in [4.69, 9.17) is 5.11 Å². The zero-order valence-corrected chi connectivity index (χ0v) is 8.70. The van der Waals surface area contributed by atoms with Crippen molar-refractivity contribution in [1.29, 1.82) is 0 Å². The number of aromatic carboxylic acids is 1. The van der Waals surface area contributed by atoms with Crippen LogP contribution in [0, 0.1) is 0 Å². The van der Waals surface area contributed by atoms with Crippen LogP contribution in [0.5, 0.6) is 0 Å². The maximum Gasteiger partial charge on any atom is 0.356 e. The van der Waals surface area contributed by atoms with Crippen LogP contribution in [0.1, 0.15) is 10.5 Å². The molecule has 2 rings (SSSR count). The van der Waals surface area contributed by atoms with Gasteiger partial charge in [-0.1, -0.05) is 12.1 Å². The van der Waals surface area contributed by atoms with Crippen LogP contribution in [-0.4, -0.2) is 27.3 Å². The van der Waals surface area contributed by atoms with Crippen LogP contribution >= 0.6 is 0 Å². The third kappa shape index (κ3) is 2.15. The highest BCUT2D eigenvalue weighted by Gasteiger charge is 2.09. The normalized spacial score (nSPS) is 9.88. The Balaban J connectivity index is 2.44. The summed E-state index contributed by atoms with van der Waals surface area (Å²) in [7, 11) is 0. The van der Waals surface area contributed by atoms with Crippen LogP contribution in [0.15, 0.2) is 36.5 Å². The Hall–Kier alpha value is -2.63. The third-order valence-corrected chi connectivity index (χ3v) is 2.17. The van der Waals surface area contributed by atoms with Gasteiger partial charge >= 0.3 is 5.97 Å². The first kappa shape index (κ1) is 10.9. The SMILES string of the molecule is O=CNc1ccccc1-n1ccc(C(=O)O)n1. The molecule has 2 N–H and O–H groups in total. The Labute approximate surface area is 96.5 Å². The summed E-state index contributed by atoms with van der Waals surface area (Å²) >= 11 is 0. The molecule has 2 aromatic rings. The van der Waals surface area contributed by atoms with Crippen LogP contribution in [0.25, 0.3) is 5.69 Å². The molecule has 0 saturated carbocycles. The predicted octanol–water partition coefficient (Wildman–Crippen LogP) is 1.14. The summed E-state index contributed by atoms with van der Waals surface area (Å²) in [6.07, 6.45) is 2.08. The molecule has 1 heterocycles. The molecular weight excluding hydrogens is 222 g/mol. The maximum atomic E-state index is 10.7. The van der Waals surface area contributed by atoms with E-state index in [9.17, 15) is 9.59 Å². The second kappa shape index (κ2) is 4.48. The summed E-state index contributed by atoms with van der Waals surface area (Å²) in [5, 5.41) is 15.2. The number of carbonyl (C=O) groups excluding carboxylic acids is 1. The van der Waals surface area contributed by atoms with E-state index in [0.717, 1.165) is 0 Å². The zero-order valence-electron chi connectivity index (χ0n) is 8.70. The first-order valence-electron chi connectivity index (χ1n) is 4.81. The summed E-state index contributed by atoms with van der Waals surface area (Å²) < 4.78 is 1.40. The number of nitrogens with one attached hydrogen (secondary N) is 1. The number of aromatic nitrogens is 2. The van der Waals surface area contributed by atoms with E-state index in [-0.39, 0.29) is 5.69 Å². The van der Waals surface area contributed by atoms with Gasteiger partial charge in [-0.25, -0.2) is 9.48 Å². The molecule has 1 aromatic carbocycles. The van der Waals surface area contributed by atoms with Gasteiger partial charge in [-0.15, -0.1) is 0 Å². The van der Waals surface area contributed by atoms with Gasteiger partial charge in [-0.05, 0) is 18.2 Å². The number of hydrogen-bond acceptors (Lipinski definition) is 3. The highest BCUT2D eigenvalue weighted by molar-refractivity contribution is 5.85. The lowest BCUT2D eigenvalue weighted by Crippen LogP contribution is -2.04. The fourth-order valence-electron chi connectivity index (χ4n) is 1.43. The molecule has 0 unspecified atom stereocenters. The molecule has 0 aliphatic heterocycles. The fraction of sp³-hybridized carbons (Fsp3) is 0. The molecule has 1 aromatic heterocycles. The Morgan fingerprint density at radius 3 is 2.76 bits per heavy atom. The minimum absolute atomic E-state index is 0.0501. The van der Waals surface area contributed by atoms with E-state index in [0.29, 0.717) is 17.8 Å². The standard InChI is InChI=1S/C11H9N3O3/c15-7-12-8-3-1-2-4-10(8)14-6-5-9(13-14)11(16)17/h1-7H,(H,12,15)(H,16,17). The molecule has 0 saturated heterocycles. The highest BCUT2D eigenvalue weighted by atomic mass is 16.4. The summed E-state index contributed by atoms with van der Waals surface area (Å²) in [5.74, 6) is -1.09. The summed E-state index contributed by atoms with van der Waals surface area (Å²) in [6, 6.07) is 8.35. The van der Waals surface area contributed by atoms with Gasteiger partial charge in [0.15, 0.2) is 5.69 Å². The van der Waals surface area contributed by atoms with Gasteiger partial charge in [-0.3, -0.25) is 4.79 Å². The number of anilines is 1. The number of carbonyl (C=O) groups is 2. The van der Waals surface area contributed by atoms with Crippen molar-refractivity contribution in [2.24, 2.45) is 0 Å². The van der Waals surface area contributed by atoms with Gasteiger partial charge < -0.3 is 10.4 Å². The molecule has 0 aliphatic rings. The average Bonchev–Trinajstić information content (AvgIpc) is 2.79. The van der Waals surface area contributed by atoms with Gasteiger partial charge in [0.1, 0.15) is 0 Å². The lowest BCUT2D eigenvalue weighted by Gasteiger charge is -2.07. The van der Waals surface area contributed by atoms with Crippen molar-refractivity contribution in [3.63, 3.8) is 0 Å². The second-order valence-corrected chi connectivity index (χ2v) is 3.23. The van der Waals surface area contributed by atoms with Gasteiger partial charge in [0, 0.05) is 6.20 Å². The number of nitrogens with zero attached hydrogens (tertiary/aromatic N) is 2. The Morgan fingerprint density at radius 1 is 1.35 bits per heavy atom. The lowest BCUT2D eigenvalue weighted by atomic mass is 10.2. The molecular formula is C11H9N3O3. The summed E-state index contributed by atoms with van der Waals surface area (Å²) in [5.41, 5.74) is 1.11. The van der Waals surface area contributed by atoms with Gasteiger partial charge in [-0.2, -0.15) is 5.10 Å². The Morgan fingerprint density at radius 2 is 2.12 bits per heavy atom. The molecule has 0 spiro atoms. The summed E-state index contributed by atoms with van der Waals surface area (Å²) in [6.45, 7) is 0. The molecule has 0 bridgehead atoms. The number of amides is 1. The smallest absolute Gasteiger partial charge is 0.356 e. The molecule has 0 aliphatic carbocycles. The molecule has 0 radical (unpaired) electrons. The number of hydrogen-bond donors (Lipinski definition) is 2. The largest absolute Gasteiger partial charge is 0.476 e. The molecule has 0 atom stereocenters. The van der Waals surface area contributed by atoms with Crippen molar-refractivity contribution in [2.45, 2.75) is 0 Å². The molecule has 0 fully saturated rings. The molecule has 1 amide bonds. The minimum atomic E-state index is -1.09. The van der Waals surface area contributed by atoms with E-state index in [1.165, 1.54) is 16.9 Å². The van der Waals surface area contributed by atoms with Crippen LogP contribution in [-0.2, 0) is 4.79 Å². The van der Waals surface area contributed by atoms with Gasteiger partial charge in [0.2, 0.25) is 6.41 Å². The third-order valence-electron chi connectivity index (χ3n) is 2.17. The van der Waals surface area contributed by atoms with Crippen LogP contribution in [0.2, 0.25) is 0 Å². The topological polar surface area (TPSA) is 84.2 Å². The van der Waals surface area contributed by atoms with E-state index in [2.05, 4.69) is 10.4 Å². The molecule has 17 heavy (non-hydrogen) atoms. The lowest BCUT2D eigenvalue weighted by molar-refractivity contribution is -0.105. The second-order valence-electron chi connectivity index (χ2n) is 3.23. The minimum Gasteiger partial charge on any atom is -0.476 e. The van der Waals surface area contributed by atoms with Crippen LogP contribution in [0.3, 0.4) is 0 Å². The number of benzene rings is 1. The highest BCUT2D eigenvalue weighted by Crippen LogP contribution is 2.18. The zero-order chi connectivity index (χ0) is 12.3. The average molecular weight is 231 g/mol. The van der Waals surface area contributed by atoms with Crippen molar-refractivity contribution in [2.75, 3.05) is 5.32 Å². The van der Waals surface area contributed by atoms with E-state index in [1.807, 2.05) is 0 Å². The summed E-state index contributed by atoms with van der Waals surface area (Å²) in [4.78, 5) is 21.1. The van der Waals surface area contributed by atoms with Gasteiger partial charge in [0.05, 0.1) is 11.4 Å². The predicted molar refractivity (Wildman–Crippen MR) is 60.2 cm³/mol. The first-order valence-corrected chi connectivity index (χ1v) is 4.81.